The van der Waals surface area contributed by atoms with E-state index in [1.807, 2.05) is 0 Å². The summed E-state index contributed by atoms with van der Waals surface area (Å²) in [6.07, 6.45) is 1.43. The monoisotopic (exact) mass is 266 g/mol. The summed E-state index contributed by atoms with van der Waals surface area (Å²) in [5.74, 6) is -0.331. The molecule has 0 aromatic heterocycles. The average molecular weight is 266 g/mol. The molecule has 7 heteroatoms. The normalized spacial score (nSPS) is 15.7. The third-order valence-corrected chi connectivity index (χ3v) is 3.17. The highest BCUT2D eigenvalue weighted by Crippen LogP contribution is 2.35. The molecule has 19 heavy (non-hydrogen) atoms. The Hall–Kier alpha value is -2.15. The van der Waals surface area contributed by atoms with Gasteiger partial charge in [-0.05, 0) is 25.0 Å². The predicted molar refractivity (Wildman–Crippen MR) is 66.2 cm³/mol. The van der Waals surface area contributed by atoms with Gasteiger partial charge in [-0.2, -0.15) is 0 Å². The summed E-state index contributed by atoms with van der Waals surface area (Å²) < 4.78 is 4.86. The maximum absolute atomic E-state index is 11.9. The SMILES string of the molecule is COc1ccc(C(=O)NC2(CO)CC2)cc1[N+](=O)[O-]. The molecule has 0 bridgehead atoms. The van der Waals surface area contributed by atoms with E-state index in [0.717, 1.165) is 0 Å². The van der Waals surface area contributed by atoms with Crippen molar-refractivity contribution in [3.05, 3.63) is 33.9 Å². The van der Waals surface area contributed by atoms with Gasteiger partial charge in [-0.1, -0.05) is 0 Å². The van der Waals surface area contributed by atoms with Gasteiger partial charge in [-0.3, -0.25) is 14.9 Å². The number of carbonyl (C=O) groups excluding carboxylic acids is 1. The lowest BCUT2D eigenvalue weighted by atomic mass is 10.1. The smallest absolute Gasteiger partial charge is 0.311 e. The zero-order valence-electron chi connectivity index (χ0n) is 10.4. The lowest BCUT2D eigenvalue weighted by Crippen LogP contribution is -2.39. The molecule has 1 aliphatic rings. The van der Waals surface area contributed by atoms with Gasteiger partial charge in [0.1, 0.15) is 0 Å². The predicted octanol–water partition coefficient (Wildman–Crippen LogP) is 0.858. The van der Waals surface area contributed by atoms with E-state index >= 15 is 0 Å². The van der Waals surface area contributed by atoms with E-state index in [9.17, 15) is 14.9 Å². The molecule has 0 spiro atoms. The van der Waals surface area contributed by atoms with Crippen LogP contribution in [0.15, 0.2) is 18.2 Å². The first-order chi connectivity index (χ1) is 9.01. The fourth-order valence-corrected chi connectivity index (χ4v) is 1.76. The molecule has 0 unspecified atom stereocenters. The molecule has 1 saturated carbocycles. The number of aliphatic hydroxyl groups is 1. The minimum Gasteiger partial charge on any atom is -0.490 e. The second-order valence-corrected chi connectivity index (χ2v) is 4.54. The van der Waals surface area contributed by atoms with Gasteiger partial charge in [-0.15, -0.1) is 0 Å². The lowest BCUT2D eigenvalue weighted by Gasteiger charge is -2.14. The maximum Gasteiger partial charge on any atom is 0.311 e. The van der Waals surface area contributed by atoms with Gasteiger partial charge in [0, 0.05) is 11.6 Å². The number of benzene rings is 1. The first-order valence-corrected chi connectivity index (χ1v) is 5.77. The Bertz CT molecular complexity index is 525. The number of ether oxygens (including phenoxy) is 1. The molecule has 1 amide bonds. The molecule has 1 aromatic carbocycles. The number of nitro benzene ring substituents is 1. The second kappa shape index (κ2) is 4.85. The molecule has 0 heterocycles. The number of methoxy groups -OCH3 is 1. The van der Waals surface area contributed by atoms with Gasteiger partial charge in [0.05, 0.1) is 24.2 Å². The Morgan fingerprint density at radius 3 is 2.74 bits per heavy atom. The maximum atomic E-state index is 11.9. The standard InChI is InChI=1S/C12H14N2O5/c1-19-10-3-2-8(6-9(10)14(17)18)11(16)13-12(7-15)4-5-12/h2-3,6,15H,4-5,7H2,1H3,(H,13,16). The number of rotatable bonds is 5. The summed E-state index contributed by atoms with van der Waals surface area (Å²) >= 11 is 0. The minimum absolute atomic E-state index is 0.102. The average Bonchev–Trinajstić information content (AvgIpc) is 3.18. The van der Waals surface area contributed by atoms with Crippen molar-refractivity contribution in [2.24, 2.45) is 0 Å². The second-order valence-electron chi connectivity index (χ2n) is 4.54. The number of amides is 1. The van der Waals surface area contributed by atoms with Crippen LogP contribution in [0.1, 0.15) is 23.2 Å². The highest BCUT2D eigenvalue weighted by atomic mass is 16.6. The number of nitrogens with one attached hydrogen (secondary N) is 1. The van der Waals surface area contributed by atoms with Crippen molar-refractivity contribution in [2.45, 2.75) is 18.4 Å². The number of nitro groups is 1. The summed E-state index contributed by atoms with van der Waals surface area (Å²) in [5, 5.41) is 22.7. The van der Waals surface area contributed by atoms with Crippen molar-refractivity contribution >= 4 is 11.6 Å². The van der Waals surface area contributed by atoms with Crippen LogP contribution in [0, 0.1) is 10.1 Å². The van der Waals surface area contributed by atoms with Gasteiger partial charge in [0.2, 0.25) is 0 Å². The number of nitrogens with zero attached hydrogens (tertiary/aromatic N) is 1. The molecular formula is C12H14N2O5. The molecule has 7 nitrogen and oxygen atoms in total. The molecule has 0 radical (unpaired) electrons. The Kier molecular flexibility index (Phi) is 3.39. The summed E-state index contributed by atoms with van der Waals surface area (Å²) in [7, 11) is 1.33. The van der Waals surface area contributed by atoms with Crippen molar-refractivity contribution in [1.29, 1.82) is 0 Å². The van der Waals surface area contributed by atoms with Crippen LogP contribution in [-0.2, 0) is 0 Å². The highest BCUT2D eigenvalue weighted by Gasteiger charge is 2.43. The van der Waals surface area contributed by atoms with E-state index in [2.05, 4.69) is 5.32 Å². The molecule has 2 N–H and O–H groups in total. The molecular weight excluding hydrogens is 252 g/mol. The summed E-state index contributed by atoms with van der Waals surface area (Å²) in [4.78, 5) is 22.2. The largest absolute Gasteiger partial charge is 0.490 e. The van der Waals surface area contributed by atoms with Crippen LogP contribution in [0.3, 0.4) is 0 Å². The third kappa shape index (κ3) is 2.65. The molecule has 1 aliphatic carbocycles. The molecule has 0 atom stereocenters. The van der Waals surface area contributed by atoms with E-state index in [4.69, 9.17) is 9.84 Å². The van der Waals surface area contributed by atoms with Gasteiger partial charge < -0.3 is 15.2 Å². The van der Waals surface area contributed by atoms with Crippen LogP contribution >= 0.6 is 0 Å². The van der Waals surface area contributed by atoms with E-state index in [1.54, 1.807) is 0 Å². The first kappa shape index (κ1) is 13.3. The minimum atomic E-state index is -0.603. The number of hydrogen-bond donors (Lipinski definition) is 2. The Balaban J connectivity index is 2.23. The van der Waals surface area contributed by atoms with E-state index in [1.165, 1.54) is 25.3 Å². The molecule has 0 saturated heterocycles. The molecule has 1 aromatic rings. The Morgan fingerprint density at radius 2 is 2.26 bits per heavy atom. The Labute approximate surface area is 109 Å². The zero-order chi connectivity index (χ0) is 14.0. The topological polar surface area (TPSA) is 102 Å². The van der Waals surface area contributed by atoms with Crippen LogP contribution in [0.25, 0.3) is 0 Å². The van der Waals surface area contributed by atoms with Crippen LogP contribution in [0.4, 0.5) is 5.69 Å². The van der Waals surface area contributed by atoms with Gasteiger partial charge in [0.15, 0.2) is 5.75 Å². The Morgan fingerprint density at radius 1 is 1.58 bits per heavy atom. The van der Waals surface area contributed by atoms with Crippen LogP contribution in [0.5, 0.6) is 5.75 Å². The quantitative estimate of drug-likeness (QED) is 0.608. The summed E-state index contributed by atoms with van der Waals surface area (Å²) in [6.45, 7) is -0.128. The molecule has 1 fully saturated rings. The van der Waals surface area contributed by atoms with Crippen molar-refractivity contribution in [3.8, 4) is 5.75 Å². The molecule has 0 aliphatic heterocycles. The fourth-order valence-electron chi connectivity index (χ4n) is 1.76. The van der Waals surface area contributed by atoms with Crippen molar-refractivity contribution in [1.82, 2.24) is 5.32 Å². The number of hydrogen-bond acceptors (Lipinski definition) is 5. The highest BCUT2D eigenvalue weighted by molar-refractivity contribution is 5.96. The fraction of sp³-hybridized carbons (Fsp3) is 0.417. The number of aliphatic hydroxyl groups excluding tert-OH is 1. The van der Waals surface area contributed by atoms with Crippen molar-refractivity contribution in [3.63, 3.8) is 0 Å². The van der Waals surface area contributed by atoms with Gasteiger partial charge in [-0.25, -0.2) is 0 Å². The summed E-state index contributed by atoms with van der Waals surface area (Å²) in [6, 6.07) is 4.00. The first-order valence-electron chi connectivity index (χ1n) is 5.77. The van der Waals surface area contributed by atoms with Crippen molar-refractivity contribution in [2.75, 3.05) is 13.7 Å². The zero-order valence-corrected chi connectivity index (χ0v) is 10.4. The third-order valence-electron chi connectivity index (χ3n) is 3.17. The van der Waals surface area contributed by atoms with Gasteiger partial charge >= 0.3 is 5.69 Å². The van der Waals surface area contributed by atoms with Crippen LogP contribution in [0.2, 0.25) is 0 Å². The van der Waals surface area contributed by atoms with Crippen LogP contribution < -0.4 is 10.1 Å². The van der Waals surface area contributed by atoms with E-state index in [0.29, 0.717) is 12.8 Å². The molecule has 102 valence electrons. The number of carbonyl (C=O) groups is 1. The van der Waals surface area contributed by atoms with Crippen LogP contribution in [-0.4, -0.2) is 35.2 Å². The molecule has 2 rings (SSSR count). The van der Waals surface area contributed by atoms with Crippen molar-refractivity contribution < 1.29 is 19.6 Å². The van der Waals surface area contributed by atoms with E-state index < -0.39 is 16.4 Å². The summed E-state index contributed by atoms with van der Waals surface area (Å²) in [5.41, 5.74) is -0.637. The van der Waals surface area contributed by atoms with Gasteiger partial charge in [0.25, 0.3) is 5.91 Å². The van der Waals surface area contributed by atoms with E-state index in [-0.39, 0.29) is 23.6 Å². The lowest BCUT2D eigenvalue weighted by molar-refractivity contribution is -0.385.